The second-order valence-electron chi connectivity index (χ2n) is 6.88. The van der Waals surface area contributed by atoms with E-state index in [-0.39, 0.29) is 0 Å². The van der Waals surface area contributed by atoms with Crippen LogP contribution in [0, 0.1) is 6.92 Å². The number of nitrogens with one attached hydrogen (secondary N) is 1. The summed E-state index contributed by atoms with van der Waals surface area (Å²) < 4.78 is 0. The molecule has 0 saturated carbocycles. The van der Waals surface area contributed by atoms with E-state index in [2.05, 4.69) is 103 Å². The lowest BCUT2D eigenvalue weighted by Gasteiger charge is -2.03. The number of hydrogen-bond acceptors (Lipinski definition) is 0. The molecule has 0 radical (unpaired) electrons. The van der Waals surface area contributed by atoms with Gasteiger partial charge in [0.2, 0.25) is 0 Å². The molecule has 0 aliphatic heterocycles. The van der Waals surface area contributed by atoms with Crippen LogP contribution < -0.4 is 0 Å². The smallest absolute Gasteiger partial charge is 0.0471 e. The first-order valence-corrected chi connectivity index (χ1v) is 8.96. The molecule has 1 heteroatoms. The lowest BCUT2D eigenvalue weighted by Crippen LogP contribution is -1.79. The molecule has 1 heterocycles. The van der Waals surface area contributed by atoms with Gasteiger partial charge in [-0.1, -0.05) is 78.4 Å². The van der Waals surface area contributed by atoms with E-state index in [1.807, 2.05) is 0 Å². The number of aromatic nitrogens is 1. The minimum absolute atomic E-state index is 1.18. The molecule has 1 aromatic heterocycles. The molecule has 0 saturated heterocycles. The van der Waals surface area contributed by atoms with Crippen LogP contribution in [0.25, 0.3) is 44.1 Å². The van der Waals surface area contributed by atoms with Crippen LogP contribution in [0.2, 0.25) is 0 Å². The van der Waals surface area contributed by atoms with Crippen LogP contribution in [0.3, 0.4) is 0 Å². The third-order valence-corrected chi connectivity index (χ3v) is 5.09. The largest absolute Gasteiger partial charge is 0.354 e. The molecule has 5 aromatic rings. The first kappa shape index (κ1) is 15.0. The van der Waals surface area contributed by atoms with Gasteiger partial charge in [0.25, 0.3) is 0 Å². The van der Waals surface area contributed by atoms with Crippen LogP contribution in [0.5, 0.6) is 0 Å². The van der Waals surface area contributed by atoms with E-state index in [1.165, 1.54) is 49.6 Å². The third kappa shape index (κ3) is 2.49. The minimum Gasteiger partial charge on any atom is -0.354 e. The highest BCUT2D eigenvalue weighted by atomic mass is 14.7. The Morgan fingerprint density at radius 2 is 1.15 bits per heavy atom. The van der Waals surface area contributed by atoms with E-state index in [0.29, 0.717) is 0 Å². The fourth-order valence-corrected chi connectivity index (χ4v) is 3.64. The van der Waals surface area contributed by atoms with E-state index >= 15 is 0 Å². The van der Waals surface area contributed by atoms with Gasteiger partial charge in [-0.15, -0.1) is 0 Å². The summed E-state index contributed by atoms with van der Waals surface area (Å²) in [7, 11) is 0. The van der Waals surface area contributed by atoms with E-state index in [9.17, 15) is 0 Å². The zero-order valence-electron chi connectivity index (χ0n) is 14.7. The van der Waals surface area contributed by atoms with E-state index in [0.717, 1.165) is 0 Å². The average molecular weight is 333 g/mol. The van der Waals surface area contributed by atoms with Crippen LogP contribution in [-0.4, -0.2) is 4.98 Å². The molecule has 5 rings (SSSR count). The van der Waals surface area contributed by atoms with Crippen molar-refractivity contribution in [3.63, 3.8) is 0 Å². The summed E-state index contributed by atoms with van der Waals surface area (Å²) in [6, 6.07) is 32.6. The number of H-pyrrole nitrogens is 1. The number of hydrogen-bond donors (Lipinski definition) is 1. The predicted molar refractivity (Wildman–Crippen MR) is 111 cm³/mol. The van der Waals surface area contributed by atoms with Crippen LogP contribution in [-0.2, 0) is 0 Å². The highest BCUT2D eigenvalue weighted by molar-refractivity contribution is 6.09. The quantitative estimate of drug-likeness (QED) is 0.359. The van der Waals surface area contributed by atoms with Crippen molar-refractivity contribution in [2.24, 2.45) is 0 Å². The van der Waals surface area contributed by atoms with Gasteiger partial charge in [0.1, 0.15) is 0 Å². The third-order valence-electron chi connectivity index (χ3n) is 5.09. The summed E-state index contributed by atoms with van der Waals surface area (Å²) in [6.07, 6.45) is 0. The van der Waals surface area contributed by atoms with Gasteiger partial charge in [-0.3, -0.25) is 0 Å². The molecule has 0 atom stereocenters. The molecule has 0 bridgehead atoms. The Morgan fingerprint density at radius 3 is 1.96 bits per heavy atom. The summed E-state index contributed by atoms with van der Waals surface area (Å²) >= 11 is 0. The molecule has 1 nitrogen and oxygen atoms in total. The number of fused-ring (bicyclic) bond motifs is 3. The molecule has 0 spiro atoms. The zero-order chi connectivity index (χ0) is 17.5. The Bertz CT molecular complexity index is 1210. The second-order valence-corrected chi connectivity index (χ2v) is 6.88. The molecule has 0 fully saturated rings. The maximum atomic E-state index is 3.58. The maximum Gasteiger partial charge on any atom is 0.0471 e. The molecule has 1 N–H and O–H groups in total. The lowest BCUT2D eigenvalue weighted by atomic mass is 10.0. The van der Waals surface area contributed by atoms with Crippen molar-refractivity contribution in [3.05, 3.63) is 96.6 Å². The van der Waals surface area contributed by atoms with E-state index in [1.54, 1.807) is 0 Å². The number of aryl methyl sites for hydroxylation is 1. The molecule has 26 heavy (non-hydrogen) atoms. The van der Waals surface area contributed by atoms with Crippen molar-refractivity contribution in [1.82, 2.24) is 4.98 Å². The van der Waals surface area contributed by atoms with Crippen LogP contribution in [0.4, 0.5) is 0 Å². The molecule has 0 amide bonds. The van der Waals surface area contributed by atoms with Crippen molar-refractivity contribution in [2.75, 3.05) is 0 Å². The number of aromatic amines is 1. The van der Waals surface area contributed by atoms with Gasteiger partial charge in [-0.2, -0.15) is 0 Å². The summed E-state index contributed by atoms with van der Waals surface area (Å²) in [5.41, 5.74) is 8.65. The molecular weight excluding hydrogens is 314 g/mol. The van der Waals surface area contributed by atoms with Crippen molar-refractivity contribution < 1.29 is 0 Å². The molecule has 124 valence electrons. The lowest BCUT2D eigenvalue weighted by molar-refractivity contribution is 1.47. The predicted octanol–water partition coefficient (Wildman–Crippen LogP) is 6.96. The Balaban J connectivity index is 1.66. The van der Waals surface area contributed by atoms with Gasteiger partial charge in [0, 0.05) is 21.8 Å². The SMILES string of the molecule is Cc1ccc(-c2ccc3c(c2)[nH]c2ccc(-c4ccccc4)cc23)cc1. The van der Waals surface area contributed by atoms with E-state index < -0.39 is 0 Å². The van der Waals surface area contributed by atoms with Gasteiger partial charge >= 0.3 is 0 Å². The molecule has 0 unspecified atom stereocenters. The maximum absolute atomic E-state index is 3.58. The fraction of sp³-hybridized carbons (Fsp3) is 0.0400. The Morgan fingerprint density at radius 1 is 0.500 bits per heavy atom. The summed E-state index contributed by atoms with van der Waals surface area (Å²) in [5.74, 6) is 0. The van der Waals surface area contributed by atoms with Crippen molar-refractivity contribution in [1.29, 1.82) is 0 Å². The Kier molecular flexibility index (Phi) is 3.39. The number of rotatable bonds is 2. The molecule has 0 aliphatic rings. The topological polar surface area (TPSA) is 15.8 Å². The van der Waals surface area contributed by atoms with E-state index in [4.69, 9.17) is 0 Å². The molecular formula is C25H19N. The highest BCUT2D eigenvalue weighted by Gasteiger charge is 2.08. The van der Waals surface area contributed by atoms with Crippen LogP contribution in [0.15, 0.2) is 91.0 Å². The standard InChI is InChI=1S/C25H19N/c1-17-7-9-19(10-8-17)21-11-13-22-23-15-20(18-5-3-2-4-6-18)12-14-24(23)26-25(22)16-21/h2-16,26H,1H3. The van der Waals surface area contributed by atoms with Crippen LogP contribution in [0.1, 0.15) is 5.56 Å². The van der Waals surface area contributed by atoms with Gasteiger partial charge in [-0.25, -0.2) is 0 Å². The van der Waals surface area contributed by atoms with Crippen molar-refractivity contribution >= 4 is 21.8 Å². The molecule has 0 aliphatic carbocycles. The van der Waals surface area contributed by atoms with Gasteiger partial charge in [0.05, 0.1) is 0 Å². The Hall–Kier alpha value is -3.32. The zero-order valence-corrected chi connectivity index (χ0v) is 14.7. The summed E-state index contributed by atoms with van der Waals surface area (Å²) in [6.45, 7) is 2.12. The van der Waals surface area contributed by atoms with Crippen LogP contribution >= 0.6 is 0 Å². The first-order chi connectivity index (χ1) is 12.8. The van der Waals surface area contributed by atoms with Gasteiger partial charge in [0.15, 0.2) is 0 Å². The van der Waals surface area contributed by atoms with Crippen molar-refractivity contribution in [3.8, 4) is 22.3 Å². The first-order valence-electron chi connectivity index (χ1n) is 8.96. The number of benzene rings is 4. The average Bonchev–Trinajstić information content (AvgIpc) is 3.06. The van der Waals surface area contributed by atoms with Gasteiger partial charge in [-0.05, 0) is 47.4 Å². The fourth-order valence-electron chi connectivity index (χ4n) is 3.64. The van der Waals surface area contributed by atoms with Crippen molar-refractivity contribution in [2.45, 2.75) is 6.92 Å². The minimum atomic E-state index is 1.18. The van der Waals surface area contributed by atoms with Gasteiger partial charge < -0.3 is 4.98 Å². The Labute approximate surface area is 152 Å². The normalized spacial score (nSPS) is 11.3. The summed E-state index contributed by atoms with van der Waals surface area (Å²) in [5, 5.41) is 2.55. The molecule has 4 aromatic carbocycles. The monoisotopic (exact) mass is 333 g/mol. The summed E-state index contributed by atoms with van der Waals surface area (Å²) in [4.78, 5) is 3.58. The highest BCUT2D eigenvalue weighted by Crippen LogP contribution is 2.32. The second kappa shape index (κ2) is 5.89.